The van der Waals surface area contributed by atoms with Crippen molar-refractivity contribution in [2.45, 2.75) is 28.5 Å². The monoisotopic (exact) mass is 305 g/mol. The maximum absolute atomic E-state index is 9.38. The Balaban J connectivity index is 2.36. The van der Waals surface area contributed by atoms with Crippen molar-refractivity contribution in [1.29, 1.82) is 5.26 Å². The molecule has 6 heteroatoms. The van der Waals surface area contributed by atoms with Gasteiger partial charge < -0.3 is 9.67 Å². The van der Waals surface area contributed by atoms with Crippen LogP contribution in [-0.4, -0.2) is 20.4 Å². The van der Waals surface area contributed by atoms with Crippen LogP contribution in [0.1, 0.15) is 18.2 Å². The Hall–Kier alpha value is -1.42. The van der Waals surface area contributed by atoms with Crippen molar-refractivity contribution in [1.82, 2.24) is 9.55 Å². The summed E-state index contributed by atoms with van der Waals surface area (Å²) in [6.45, 7) is 2.03. The molecule has 1 aromatic carbocycles. The summed E-state index contributed by atoms with van der Waals surface area (Å²) in [7, 11) is 1.86. The number of aliphatic hydroxyl groups excluding tert-OH is 1. The van der Waals surface area contributed by atoms with E-state index in [1.54, 1.807) is 18.0 Å². The van der Waals surface area contributed by atoms with Crippen LogP contribution in [0.4, 0.5) is 0 Å². The van der Waals surface area contributed by atoms with E-state index in [1.807, 2.05) is 29.8 Å². The van der Waals surface area contributed by atoms with Crippen LogP contribution in [0.5, 0.6) is 0 Å². The van der Waals surface area contributed by atoms with Gasteiger partial charge in [-0.2, -0.15) is 5.26 Å². The lowest BCUT2D eigenvalue weighted by Gasteiger charge is -2.08. The normalized spacial score (nSPS) is 10.5. The molecule has 2 rings (SSSR count). The molecule has 4 nitrogen and oxygen atoms in total. The number of nitriles is 1. The molecule has 0 bridgehead atoms. The van der Waals surface area contributed by atoms with Gasteiger partial charge in [0.25, 0.3) is 0 Å². The first-order valence-electron chi connectivity index (χ1n) is 6.16. The molecular weight excluding hydrogens is 290 g/mol. The third-order valence-corrected chi connectivity index (χ3v) is 4.87. The van der Waals surface area contributed by atoms with Gasteiger partial charge in [0.1, 0.15) is 6.07 Å². The lowest BCUT2D eigenvalue weighted by atomic mass is 10.2. The molecule has 1 aromatic heterocycles. The van der Waals surface area contributed by atoms with Crippen LogP contribution in [-0.2, 0) is 13.7 Å². The maximum Gasteiger partial charge on any atom is 0.172 e. The van der Waals surface area contributed by atoms with E-state index in [9.17, 15) is 10.4 Å². The molecule has 0 radical (unpaired) electrons. The van der Waals surface area contributed by atoms with Crippen LogP contribution >= 0.6 is 23.5 Å². The third kappa shape index (κ3) is 3.01. The molecule has 0 amide bonds. The molecule has 20 heavy (non-hydrogen) atoms. The van der Waals surface area contributed by atoms with Crippen LogP contribution in [0.2, 0.25) is 0 Å². The minimum absolute atomic E-state index is 0.0408. The molecule has 1 N–H and O–H groups in total. The number of thioether (sulfide) groups is 1. The minimum Gasteiger partial charge on any atom is -0.390 e. The van der Waals surface area contributed by atoms with Gasteiger partial charge in [0, 0.05) is 16.8 Å². The zero-order valence-electron chi connectivity index (χ0n) is 11.3. The van der Waals surface area contributed by atoms with Crippen LogP contribution in [0.3, 0.4) is 0 Å². The highest BCUT2D eigenvalue weighted by atomic mass is 32.2. The molecule has 0 aliphatic heterocycles. The fourth-order valence-electron chi connectivity index (χ4n) is 1.75. The predicted molar refractivity (Wildman–Crippen MR) is 80.8 cm³/mol. The highest BCUT2D eigenvalue weighted by molar-refractivity contribution is 8.00. The summed E-state index contributed by atoms with van der Waals surface area (Å²) in [5.41, 5.74) is 1.45. The second-order valence-electron chi connectivity index (χ2n) is 4.03. The summed E-state index contributed by atoms with van der Waals surface area (Å²) in [5.74, 6) is 0.930. The van der Waals surface area contributed by atoms with E-state index in [2.05, 4.69) is 18.0 Å². The zero-order valence-corrected chi connectivity index (χ0v) is 13.0. The van der Waals surface area contributed by atoms with Crippen molar-refractivity contribution in [2.24, 2.45) is 7.05 Å². The van der Waals surface area contributed by atoms with Gasteiger partial charge in [-0.3, -0.25) is 0 Å². The number of benzene rings is 1. The number of imidazole rings is 1. The second-order valence-corrected chi connectivity index (χ2v) is 6.34. The molecule has 0 spiro atoms. The fraction of sp³-hybridized carbons (Fsp3) is 0.286. The Morgan fingerprint density at radius 1 is 1.40 bits per heavy atom. The number of rotatable bonds is 5. The van der Waals surface area contributed by atoms with Crippen molar-refractivity contribution in [2.75, 3.05) is 5.75 Å². The standard InChI is InChI=1S/C14H15N3OS2/c1-3-19-12-5-4-6-13(11(12)7-15)20-14-16-8-10(9-18)17(14)2/h4-6,8,18H,3,9H2,1-2H3. The Labute approximate surface area is 126 Å². The number of hydrogen-bond donors (Lipinski definition) is 1. The van der Waals surface area contributed by atoms with E-state index in [4.69, 9.17) is 0 Å². The molecular formula is C14H15N3OS2. The first kappa shape index (κ1) is 15.0. The summed E-state index contributed by atoms with van der Waals surface area (Å²) in [6.07, 6.45) is 1.65. The summed E-state index contributed by atoms with van der Waals surface area (Å²) in [5, 5.41) is 19.3. The zero-order chi connectivity index (χ0) is 14.5. The van der Waals surface area contributed by atoms with E-state index >= 15 is 0 Å². The first-order chi connectivity index (χ1) is 9.71. The van der Waals surface area contributed by atoms with Gasteiger partial charge in [-0.1, -0.05) is 24.8 Å². The molecule has 0 aliphatic carbocycles. The quantitative estimate of drug-likeness (QED) is 0.860. The van der Waals surface area contributed by atoms with Crippen LogP contribution < -0.4 is 0 Å². The lowest BCUT2D eigenvalue weighted by Crippen LogP contribution is -1.97. The fourth-order valence-corrected chi connectivity index (χ4v) is 3.56. The Morgan fingerprint density at radius 2 is 2.15 bits per heavy atom. The molecule has 0 unspecified atom stereocenters. The summed E-state index contributed by atoms with van der Waals surface area (Å²) in [6, 6.07) is 8.13. The van der Waals surface area contributed by atoms with Crippen molar-refractivity contribution in [3.05, 3.63) is 35.7 Å². The van der Waals surface area contributed by atoms with Gasteiger partial charge >= 0.3 is 0 Å². The predicted octanol–water partition coefficient (Wildman–Crippen LogP) is 3.05. The summed E-state index contributed by atoms with van der Waals surface area (Å²) < 4.78 is 1.84. The van der Waals surface area contributed by atoms with Crippen molar-refractivity contribution < 1.29 is 5.11 Å². The molecule has 0 fully saturated rings. The van der Waals surface area contributed by atoms with Gasteiger partial charge in [-0.25, -0.2) is 4.98 Å². The number of aliphatic hydroxyl groups is 1. The van der Waals surface area contributed by atoms with Crippen LogP contribution in [0.25, 0.3) is 0 Å². The van der Waals surface area contributed by atoms with Crippen molar-refractivity contribution in [3.63, 3.8) is 0 Å². The Morgan fingerprint density at radius 3 is 2.75 bits per heavy atom. The van der Waals surface area contributed by atoms with E-state index < -0.39 is 0 Å². The van der Waals surface area contributed by atoms with Crippen molar-refractivity contribution >= 4 is 23.5 Å². The van der Waals surface area contributed by atoms with Crippen molar-refractivity contribution in [3.8, 4) is 6.07 Å². The average Bonchev–Trinajstić information content (AvgIpc) is 2.80. The molecule has 104 valence electrons. The van der Waals surface area contributed by atoms with Gasteiger partial charge in [0.15, 0.2) is 5.16 Å². The average molecular weight is 305 g/mol. The van der Waals surface area contributed by atoms with Crippen LogP contribution in [0, 0.1) is 11.3 Å². The highest BCUT2D eigenvalue weighted by Crippen LogP contribution is 2.34. The largest absolute Gasteiger partial charge is 0.390 e. The maximum atomic E-state index is 9.38. The molecule has 0 atom stereocenters. The van der Waals surface area contributed by atoms with Gasteiger partial charge in [-0.05, 0) is 17.9 Å². The lowest BCUT2D eigenvalue weighted by molar-refractivity contribution is 0.271. The van der Waals surface area contributed by atoms with E-state index in [-0.39, 0.29) is 6.61 Å². The summed E-state index contributed by atoms with van der Waals surface area (Å²) >= 11 is 3.11. The van der Waals surface area contributed by atoms with E-state index in [0.29, 0.717) is 5.56 Å². The molecule has 0 aliphatic rings. The smallest absolute Gasteiger partial charge is 0.172 e. The number of aromatic nitrogens is 2. The van der Waals surface area contributed by atoms with E-state index in [0.717, 1.165) is 26.4 Å². The molecule has 1 heterocycles. The van der Waals surface area contributed by atoms with Gasteiger partial charge in [0.05, 0.1) is 24.1 Å². The molecule has 0 saturated heterocycles. The Kier molecular flexibility index (Phi) is 5.12. The van der Waals surface area contributed by atoms with Gasteiger partial charge in [-0.15, -0.1) is 11.8 Å². The second kappa shape index (κ2) is 6.84. The number of nitrogens with zero attached hydrogens (tertiary/aromatic N) is 3. The third-order valence-electron chi connectivity index (χ3n) is 2.80. The first-order valence-corrected chi connectivity index (χ1v) is 7.96. The number of hydrogen-bond acceptors (Lipinski definition) is 5. The molecule has 0 saturated carbocycles. The Bertz CT molecular complexity index is 646. The summed E-state index contributed by atoms with van der Waals surface area (Å²) in [4.78, 5) is 6.17. The topological polar surface area (TPSA) is 61.8 Å². The SMILES string of the molecule is CCSc1cccc(Sc2ncc(CO)n2C)c1C#N. The molecule has 2 aromatic rings. The van der Waals surface area contributed by atoms with Gasteiger partial charge in [0.2, 0.25) is 0 Å². The van der Waals surface area contributed by atoms with E-state index in [1.165, 1.54) is 11.8 Å². The van der Waals surface area contributed by atoms with Crippen LogP contribution in [0.15, 0.2) is 39.3 Å². The highest BCUT2D eigenvalue weighted by Gasteiger charge is 2.13. The minimum atomic E-state index is -0.0408.